The second-order valence-corrected chi connectivity index (χ2v) is 2.34. The van der Waals surface area contributed by atoms with E-state index in [1.807, 2.05) is 30.3 Å². The third-order valence-corrected chi connectivity index (χ3v) is 1.44. The first-order chi connectivity index (χ1) is 4.43. The van der Waals surface area contributed by atoms with Crippen LogP contribution in [0.1, 0.15) is 0 Å². The topological polar surface area (TPSA) is 14.1 Å². The molecule has 0 aliphatic rings. The van der Waals surface area contributed by atoms with Gasteiger partial charge in [0.05, 0.1) is 5.69 Å². The molecule has 1 aromatic carbocycles. The molecule has 1 rings (SSSR count). The molecule has 3 heteroatoms. The Morgan fingerprint density at radius 2 is 1.89 bits per heavy atom. The first kappa shape index (κ1) is 6.83. The van der Waals surface area contributed by atoms with Crippen molar-refractivity contribution in [2.45, 2.75) is 0 Å². The van der Waals surface area contributed by atoms with E-state index in [0.717, 1.165) is 5.69 Å². The van der Waals surface area contributed by atoms with Crippen LogP contribution in [0.2, 0.25) is 0 Å². The predicted molar refractivity (Wildman–Crippen MR) is 44.8 cm³/mol. The van der Waals surface area contributed by atoms with Gasteiger partial charge in [-0.2, -0.15) is 0 Å². The van der Waals surface area contributed by atoms with Crippen LogP contribution in [0.5, 0.6) is 0 Å². The third-order valence-electron chi connectivity index (χ3n) is 0.902. The van der Waals surface area contributed by atoms with Crippen molar-refractivity contribution in [3.63, 3.8) is 0 Å². The van der Waals surface area contributed by atoms with Gasteiger partial charge in [-0.3, -0.25) is 0 Å². The molecule has 0 amide bonds. The van der Waals surface area contributed by atoms with E-state index in [9.17, 15) is 0 Å². The molecule has 0 bridgehead atoms. The third kappa shape index (κ3) is 2.20. The minimum atomic E-state index is 0.956. The molecule has 0 saturated carbocycles. The summed E-state index contributed by atoms with van der Waals surface area (Å²) in [6.07, 6.45) is 0. The monoisotopic (exact) mass is 156 g/mol. The molecule has 1 nitrogen and oxygen atoms in total. The van der Waals surface area contributed by atoms with Crippen LogP contribution in [0.25, 0.3) is 0 Å². The van der Waals surface area contributed by atoms with Crippen LogP contribution in [0, 0.1) is 0 Å². The fraction of sp³-hybridized carbons (Fsp3) is 0. The average Bonchev–Trinajstić information content (AvgIpc) is 1.91. The van der Waals surface area contributed by atoms with E-state index in [-0.39, 0.29) is 0 Å². The van der Waals surface area contributed by atoms with Crippen molar-refractivity contribution >= 4 is 28.3 Å². The maximum absolute atomic E-state index is 3.99. The zero-order chi connectivity index (χ0) is 6.53. The molecule has 0 N–H and O–H groups in total. The smallest absolute Gasteiger partial charge is 0.0722 e. The van der Waals surface area contributed by atoms with Gasteiger partial charge in [0.2, 0.25) is 0 Å². The van der Waals surface area contributed by atoms with E-state index in [4.69, 9.17) is 0 Å². The van der Waals surface area contributed by atoms with Gasteiger partial charge in [0.25, 0.3) is 0 Å². The molecular weight excluding hydrogens is 150 g/mol. The van der Waals surface area contributed by atoms with Gasteiger partial charge < -0.3 is 0 Å². The summed E-state index contributed by atoms with van der Waals surface area (Å²) in [4.78, 5) is 0. The highest BCUT2D eigenvalue weighted by Crippen LogP contribution is 2.13. The highest BCUT2D eigenvalue weighted by Gasteiger charge is 1.85. The lowest BCUT2D eigenvalue weighted by Gasteiger charge is -1.93. The second kappa shape index (κ2) is 3.69. The van der Waals surface area contributed by atoms with Crippen molar-refractivity contribution in [3.05, 3.63) is 30.3 Å². The Labute approximate surface area is 63.8 Å². The van der Waals surface area contributed by atoms with Crippen molar-refractivity contribution in [2.75, 3.05) is 0 Å². The van der Waals surface area contributed by atoms with Crippen LogP contribution >= 0.6 is 22.6 Å². The fourth-order valence-corrected chi connectivity index (χ4v) is 1.03. The maximum Gasteiger partial charge on any atom is 0.0722 e. The van der Waals surface area contributed by atoms with Crippen LogP contribution in [0.3, 0.4) is 0 Å². The van der Waals surface area contributed by atoms with Gasteiger partial charge in [0, 0.05) is 11.0 Å². The lowest BCUT2D eigenvalue weighted by atomic mass is 10.3. The Morgan fingerprint density at radius 1 is 1.22 bits per heavy atom. The van der Waals surface area contributed by atoms with Gasteiger partial charge in [0.15, 0.2) is 0 Å². The Hall–Kier alpha value is -0.280. The normalized spacial score (nSPS) is 9.00. The van der Waals surface area contributed by atoms with Crippen LogP contribution < -0.4 is 4.72 Å². The molecule has 0 saturated heterocycles. The fourth-order valence-electron chi connectivity index (χ4n) is 0.536. The highest BCUT2D eigenvalue weighted by molar-refractivity contribution is 8.67. The summed E-state index contributed by atoms with van der Waals surface area (Å²) in [6, 6.07) is 9.72. The second-order valence-electron chi connectivity index (χ2n) is 1.51. The van der Waals surface area contributed by atoms with E-state index in [0.29, 0.717) is 0 Å². The molecule has 0 unspecified atom stereocenters. The SMILES string of the molecule is SS[N]c1ccccc1. The highest BCUT2D eigenvalue weighted by atomic mass is 33.1. The Kier molecular flexibility index (Phi) is 2.80. The van der Waals surface area contributed by atoms with Crippen LogP contribution in [-0.4, -0.2) is 0 Å². The molecule has 1 aromatic rings. The average molecular weight is 156 g/mol. The van der Waals surface area contributed by atoms with Crippen LogP contribution in [0.4, 0.5) is 5.69 Å². The first-order valence-electron chi connectivity index (χ1n) is 2.50. The van der Waals surface area contributed by atoms with Crippen molar-refractivity contribution in [1.82, 2.24) is 4.72 Å². The summed E-state index contributed by atoms with van der Waals surface area (Å²) < 4.78 is 3.99. The van der Waals surface area contributed by atoms with Crippen molar-refractivity contribution in [3.8, 4) is 0 Å². The summed E-state index contributed by atoms with van der Waals surface area (Å²) in [5.74, 6) is 0. The van der Waals surface area contributed by atoms with E-state index in [2.05, 4.69) is 16.4 Å². The number of hydrogen-bond acceptors (Lipinski definition) is 2. The zero-order valence-corrected chi connectivity index (χ0v) is 6.40. The molecule has 0 aromatic heterocycles. The molecule has 0 heterocycles. The summed E-state index contributed by atoms with van der Waals surface area (Å²) in [7, 11) is 1.17. The van der Waals surface area contributed by atoms with E-state index >= 15 is 0 Å². The molecule has 0 atom stereocenters. The summed E-state index contributed by atoms with van der Waals surface area (Å²) >= 11 is 3.88. The van der Waals surface area contributed by atoms with Crippen LogP contribution in [0.15, 0.2) is 30.3 Å². The largest absolute Gasteiger partial charge is 0.205 e. The van der Waals surface area contributed by atoms with E-state index in [1.165, 1.54) is 11.0 Å². The Morgan fingerprint density at radius 3 is 2.44 bits per heavy atom. The van der Waals surface area contributed by atoms with Crippen molar-refractivity contribution in [2.24, 2.45) is 0 Å². The Bertz CT molecular complexity index is 164. The summed E-state index contributed by atoms with van der Waals surface area (Å²) in [5, 5.41) is 0. The molecule has 0 aliphatic carbocycles. The van der Waals surface area contributed by atoms with Gasteiger partial charge >= 0.3 is 0 Å². The number of thiol groups is 1. The molecule has 0 aliphatic heterocycles. The standard InChI is InChI=1S/C6H6NS2/c8-9-7-6-4-2-1-3-5-6/h1-5,8H. The van der Waals surface area contributed by atoms with Gasteiger partial charge in [-0.1, -0.05) is 29.9 Å². The first-order valence-corrected chi connectivity index (χ1v) is 4.33. The zero-order valence-electron chi connectivity index (χ0n) is 4.69. The van der Waals surface area contributed by atoms with Gasteiger partial charge in [0.1, 0.15) is 0 Å². The van der Waals surface area contributed by atoms with Crippen LogP contribution in [-0.2, 0) is 0 Å². The number of hydrogen-bond donors (Lipinski definition) is 1. The van der Waals surface area contributed by atoms with E-state index in [1.54, 1.807) is 0 Å². The molecule has 0 spiro atoms. The van der Waals surface area contributed by atoms with Gasteiger partial charge in [-0.05, 0) is 12.1 Å². The quantitative estimate of drug-likeness (QED) is 0.394. The number of benzene rings is 1. The molecular formula is C6H6NS2. The van der Waals surface area contributed by atoms with Crippen molar-refractivity contribution in [1.29, 1.82) is 0 Å². The Balaban J connectivity index is 2.61. The summed E-state index contributed by atoms with van der Waals surface area (Å²) in [6.45, 7) is 0. The molecule has 0 fully saturated rings. The number of nitrogens with zero attached hydrogens (tertiary/aromatic N) is 1. The lowest BCUT2D eigenvalue weighted by Crippen LogP contribution is -1.77. The molecule has 1 radical (unpaired) electrons. The van der Waals surface area contributed by atoms with Gasteiger partial charge in [-0.25, -0.2) is 4.72 Å². The molecule has 47 valence electrons. The van der Waals surface area contributed by atoms with Gasteiger partial charge in [-0.15, -0.1) is 0 Å². The molecule has 9 heavy (non-hydrogen) atoms. The predicted octanol–water partition coefficient (Wildman–Crippen LogP) is 2.42. The van der Waals surface area contributed by atoms with E-state index < -0.39 is 0 Å². The maximum atomic E-state index is 3.99. The number of rotatable bonds is 2. The summed E-state index contributed by atoms with van der Waals surface area (Å²) in [5.41, 5.74) is 0.956. The minimum Gasteiger partial charge on any atom is -0.205 e. The van der Waals surface area contributed by atoms with Crippen molar-refractivity contribution < 1.29 is 0 Å². The minimum absolute atomic E-state index is 0.956. The lowest BCUT2D eigenvalue weighted by molar-refractivity contribution is 1.40.